The van der Waals surface area contributed by atoms with Gasteiger partial charge in [0.15, 0.2) is 0 Å². The standard InChI is InChI=1S/C16H21N3O3/c1-11-4-2-5-13-12(10-19-15(11)13)7-9-18-16(22)17-8-3-6-14(20)21/h2,4-5,10,19H,3,6-9H2,1H3,(H,20,21)(H2,17,18,22). The number of hydrogen-bond acceptors (Lipinski definition) is 2. The normalized spacial score (nSPS) is 10.6. The second kappa shape index (κ2) is 7.49. The molecule has 1 aromatic heterocycles. The van der Waals surface area contributed by atoms with Crippen molar-refractivity contribution in [1.29, 1.82) is 0 Å². The molecule has 0 aliphatic carbocycles. The van der Waals surface area contributed by atoms with Gasteiger partial charge < -0.3 is 20.7 Å². The number of nitrogens with one attached hydrogen (secondary N) is 3. The molecule has 22 heavy (non-hydrogen) atoms. The van der Waals surface area contributed by atoms with Crippen molar-refractivity contribution < 1.29 is 14.7 Å². The maximum absolute atomic E-state index is 11.6. The van der Waals surface area contributed by atoms with E-state index in [0.29, 0.717) is 19.5 Å². The lowest BCUT2D eigenvalue weighted by Gasteiger charge is -2.06. The van der Waals surface area contributed by atoms with Crippen LogP contribution in [0.15, 0.2) is 24.4 Å². The maximum atomic E-state index is 11.6. The van der Waals surface area contributed by atoms with Crippen LogP contribution in [-0.2, 0) is 11.2 Å². The predicted octanol–water partition coefficient (Wildman–Crippen LogP) is 2.18. The molecule has 0 unspecified atom stereocenters. The molecule has 0 bridgehead atoms. The predicted molar refractivity (Wildman–Crippen MR) is 85.0 cm³/mol. The van der Waals surface area contributed by atoms with Gasteiger partial charge in [-0.15, -0.1) is 0 Å². The number of aryl methyl sites for hydroxylation is 1. The molecule has 6 nitrogen and oxygen atoms in total. The number of H-pyrrole nitrogens is 1. The van der Waals surface area contributed by atoms with Crippen LogP contribution in [0.4, 0.5) is 4.79 Å². The van der Waals surface area contributed by atoms with Crippen LogP contribution in [0.1, 0.15) is 24.0 Å². The highest BCUT2D eigenvalue weighted by Crippen LogP contribution is 2.21. The fourth-order valence-corrected chi connectivity index (χ4v) is 2.39. The van der Waals surface area contributed by atoms with Gasteiger partial charge in [-0.3, -0.25) is 4.79 Å². The summed E-state index contributed by atoms with van der Waals surface area (Å²) in [5.41, 5.74) is 3.51. The molecule has 1 heterocycles. The molecule has 118 valence electrons. The highest BCUT2D eigenvalue weighted by molar-refractivity contribution is 5.86. The van der Waals surface area contributed by atoms with Gasteiger partial charge in [-0.25, -0.2) is 4.79 Å². The summed E-state index contributed by atoms with van der Waals surface area (Å²) in [5, 5.41) is 15.1. The monoisotopic (exact) mass is 303 g/mol. The van der Waals surface area contributed by atoms with E-state index in [9.17, 15) is 9.59 Å². The summed E-state index contributed by atoms with van der Waals surface area (Å²) in [7, 11) is 0. The van der Waals surface area contributed by atoms with Crippen molar-refractivity contribution >= 4 is 22.9 Å². The molecule has 0 radical (unpaired) electrons. The Kier molecular flexibility index (Phi) is 5.41. The number of carboxylic acids is 1. The van der Waals surface area contributed by atoms with Crippen LogP contribution in [0.25, 0.3) is 10.9 Å². The number of carboxylic acid groups (broad SMARTS) is 1. The number of benzene rings is 1. The van der Waals surface area contributed by atoms with Crippen LogP contribution in [0.5, 0.6) is 0 Å². The summed E-state index contributed by atoms with van der Waals surface area (Å²) < 4.78 is 0. The van der Waals surface area contributed by atoms with E-state index in [1.54, 1.807) is 0 Å². The first-order chi connectivity index (χ1) is 10.6. The van der Waals surface area contributed by atoms with E-state index in [0.717, 1.165) is 11.9 Å². The number of rotatable bonds is 7. The average molecular weight is 303 g/mol. The van der Waals surface area contributed by atoms with E-state index in [2.05, 4.69) is 34.7 Å². The Hall–Kier alpha value is -2.50. The maximum Gasteiger partial charge on any atom is 0.314 e. The van der Waals surface area contributed by atoms with Crippen molar-refractivity contribution in [2.45, 2.75) is 26.2 Å². The summed E-state index contributed by atoms with van der Waals surface area (Å²) in [6.07, 6.45) is 3.22. The lowest BCUT2D eigenvalue weighted by atomic mass is 10.1. The van der Waals surface area contributed by atoms with Crippen LogP contribution in [0.3, 0.4) is 0 Å². The van der Waals surface area contributed by atoms with Crippen molar-refractivity contribution in [1.82, 2.24) is 15.6 Å². The molecule has 2 aromatic rings. The molecule has 6 heteroatoms. The molecule has 0 atom stereocenters. The third kappa shape index (κ3) is 4.25. The molecule has 0 saturated heterocycles. The second-order valence-electron chi connectivity index (χ2n) is 5.24. The first-order valence-corrected chi connectivity index (χ1v) is 7.37. The quantitative estimate of drug-likeness (QED) is 0.591. The van der Waals surface area contributed by atoms with Gasteiger partial charge in [-0.2, -0.15) is 0 Å². The summed E-state index contributed by atoms with van der Waals surface area (Å²) >= 11 is 0. The van der Waals surface area contributed by atoms with E-state index in [1.165, 1.54) is 16.5 Å². The minimum Gasteiger partial charge on any atom is -0.481 e. The smallest absolute Gasteiger partial charge is 0.314 e. The number of amides is 2. The van der Waals surface area contributed by atoms with E-state index in [1.807, 2.05) is 12.3 Å². The van der Waals surface area contributed by atoms with Gasteiger partial charge in [-0.1, -0.05) is 18.2 Å². The van der Waals surface area contributed by atoms with Crippen LogP contribution in [0.2, 0.25) is 0 Å². The Morgan fingerprint density at radius 3 is 2.77 bits per heavy atom. The molecule has 2 amide bonds. The minimum atomic E-state index is -0.850. The number of urea groups is 1. The van der Waals surface area contributed by atoms with E-state index >= 15 is 0 Å². The summed E-state index contributed by atoms with van der Waals surface area (Å²) in [6.45, 7) is 2.96. The van der Waals surface area contributed by atoms with Gasteiger partial charge in [-0.05, 0) is 30.9 Å². The van der Waals surface area contributed by atoms with Crippen molar-refractivity contribution in [3.63, 3.8) is 0 Å². The van der Waals surface area contributed by atoms with Crippen LogP contribution in [0, 0.1) is 6.92 Å². The van der Waals surface area contributed by atoms with Gasteiger partial charge in [0.25, 0.3) is 0 Å². The number of carbonyl (C=O) groups excluding carboxylic acids is 1. The Morgan fingerprint density at radius 1 is 1.23 bits per heavy atom. The SMILES string of the molecule is Cc1cccc2c(CCNC(=O)NCCCC(=O)O)c[nH]c12. The van der Waals surface area contributed by atoms with Gasteiger partial charge in [0.2, 0.25) is 0 Å². The Bertz CT molecular complexity index is 664. The van der Waals surface area contributed by atoms with Gasteiger partial charge in [0.1, 0.15) is 0 Å². The van der Waals surface area contributed by atoms with Gasteiger partial charge in [0.05, 0.1) is 0 Å². The number of fused-ring (bicyclic) bond motifs is 1. The number of aromatic amines is 1. The second-order valence-corrected chi connectivity index (χ2v) is 5.24. The number of aliphatic carboxylic acids is 1. The van der Waals surface area contributed by atoms with Crippen LogP contribution in [-0.4, -0.2) is 35.2 Å². The van der Waals surface area contributed by atoms with Crippen LogP contribution < -0.4 is 10.6 Å². The van der Waals surface area contributed by atoms with Crippen molar-refractivity contribution in [3.8, 4) is 0 Å². The van der Waals surface area contributed by atoms with Gasteiger partial charge in [0, 0.05) is 36.6 Å². The lowest BCUT2D eigenvalue weighted by molar-refractivity contribution is -0.137. The fourth-order valence-electron chi connectivity index (χ4n) is 2.39. The molecule has 2 rings (SSSR count). The largest absolute Gasteiger partial charge is 0.481 e. The molecule has 0 saturated carbocycles. The highest BCUT2D eigenvalue weighted by Gasteiger charge is 2.06. The summed E-state index contributed by atoms with van der Waals surface area (Å²) in [5.74, 6) is -0.850. The van der Waals surface area contributed by atoms with E-state index < -0.39 is 5.97 Å². The van der Waals surface area contributed by atoms with Crippen molar-refractivity contribution in [2.75, 3.05) is 13.1 Å². The van der Waals surface area contributed by atoms with Crippen LogP contribution >= 0.6 is 0 Å². The molecule has 0 fully saturated rings. The average Bonchev–Trinajstić information content (AvgIpc) is 2.88. The number of para-hydroxylation sites is 1. The molecule has 1 aromatic carbocycles. The topological polar surface area (TPSA) is 94.2 Å². The Labute approximate surface area is 128 Å². The Balaban J connectivity index is 1.75. The van der Waals surface area contributed by atoms with E-state index in [4.69, 9.17) is 5.11 Å². The molecule has 0 aliphatic rings. The first kappa shape index (κ1) is 15.9. The Morgan fingerprint density at radius 2 is 2.00 bits per heavy atom. The van der Waals surface area contributed by atoms with Crippen molar-refractivity contribution in [3.05, 3.63) is 35.5 Å². The zero-order valence-corrected chi connectivity index (χ0v) is 12.6. The molecule has 0 spiro atoms. The molecular formula is C16H21N3O3. The molecule has 4 N–H and O–H groups in total. The van der Waals surface area contributed by atoms with Crippen molar-refractivity contribution in [2.24, 2.45) is 0 Å². The minimum absolute atomic E-state index is 0.0645. The van der Waals surface area contributed by atoms with Gasteiger partial charge >= 0.3 is 12.0 Å². The zero-order valence-electron chi connectivity index (χ0n) is 12.6. The molecular weight excluding hydrogens is 282 g/mol. The third-order valence-electron chi connectivity index (χ3n) is 3.54. The summed E-state index contributed by atoms with van der Waals surface area (Å²) in [6, 6.07) is 5.89. The lowest BCUT2D eigenvalue weighted by Crippen LogP contribution is -2.37. The summed E-state index contributed by atoms with van der Waals surface area (Å²) in [4.78, 5) is 25.2. The highest BCUT2D eigenvalue weighted by atomic mass is 16.4. The van der Waals surface area contributed by atoms with E-state index in [-0.39, 0.29) is 12.5 Å². The molecule has 0 aliphatic heterocycles. The fraction of sp³-hybridized carbons (Fsp3) is 0.375. The number of hydrogen-bond donors (Lipinski definition) is 4. The number of aromatic nitrogens is 1. The third-order valence-corrected chi connectivity index (χ3v) is 3.54. The first-order valence-electron chi connectivity index (χ1n) is 7.37. The zero-order chi connectivity index (χ0) is 15.9. The number of carbonyl (C=O) groups is 2.